The zero-order valence-electron chi connectivity index (χ0n) is 9.15. The van der Waals surface area contributed by atoms with Gasteiger partial charge in [-0.2, -0.15) is 0 Å². The molecule has 1 fully saturated rings. The molecule has 17 heavy (non-hydrogen) atoms. The Labute approximate surface area is 96.6 Å². The van der Waals surface area contributed by atoms with Crippen LogP contribution in [0.3, 0.4) is 0 Å². The highest BCUT2D eigenvalue weighted by atomic mass is 19.3. The summed E-state index contributed by atoms with van der Waals surface area (Å²) in [7, 11) is 0. The number of halogens is 4. The van der Waals surface area contributed by atoms with E-state index < -0.39 is 23.1 Å². The van der Waals surface area contributed by atoms with Gasteiger partial charge in [0.25, 0.3) is 0 Å². The lowest BCUT2D eigenvalue weighted by molar-refractivity contribution is -0.0518. The van der Waals surface area contributed by atoms with Gasteiger partial charge in [0.2, 0.25) is 5.92 Å². The highest BCUT2D eigenvalue weighted by Crippen LogP contribution is 2.42. The summed E-state index contributed by atoms with van der Waals surface area (Å²) in [6, 6.07) is 2.96. The molecule has 1 aromatic rings. The zero-order valence-corrected chi connectivity index (χ0v) is 9.15. The SMILES string of the molecule is NC1(c2cc(F)ccc2F)CCC(F)(F)CC1. The molecule has 0 aromatic heterocycles. The molecule has 2 rings (SSSR count). The van der Waals surface area contributed by atoms with Crippen LogP contribution in [0.25, 0.3) is 0 Å². The molecule has 1 aliphatic carbocycles. The van der Waals surface area contributed by atoms with Crippen LogP contribution in [0, 0.1) is 11.6 Å². The molecule has 1 saturated carbocycles. The minimum Gasteiger partial charge on any atom is -0.321 e. The fraction of sp³-hybridized carbons (Fsp3) is 0.500. The van der Waals surface area contributed by atoms with Gasteiger partial charge in [0.15, 0.2) is 0 Å². The third-order valence-electron chi connectivity index (χ3n) is 3.34. The van der Waals surface area contributed by atoms with Crippen LogP contribution in [-0.2, 0) is 5.54 Å². The Balaban J connectivity index is 2.30. The van der Waals surface area contributed by atoms with E-state index in [0.717, 1.165) is 18.2 Å². The number of hydrogen-bond acceptors (Lipinski definition) is 1. The summed E-state index contributed by atoms with van der Waals surface area (Å²) in [5.74, 6) is -3.99. The number of alkyl halides is 2. The van der Waals surface area contributed by atoms with Crippen molar-refractivity contribution in [3.8, 4) is 0 Å². The monoisotopic (exact) mass is 247 g/mol. The summed E-state index contributed by atoms with van der Waals surface area (Å²) in [6.45, 7) is 0. The summed E-state index contributed by atoms with van der Waals surface area (Å²) >= 11 is 0. The average Bonchev–Trinajstić information content (AvgIpc) is 2.26. The van der Waals surface area contributed by atoms with E-state index in [-0.39, 0.29) is 31.2 Å². The fourth-order valence-electron chi connectivity index (χ4n) is 2.21. The lowest BCUT2D eigenvalue weighted by atomic mass is 9.76. The molecule has 1 aromatic carbocycles. The molecule has 0 atom stereocenters. The topological polar surface area (TPSA) is 26.0 Å². The minimum absolute atomic E-state index is 0.00648. The molecule has 0 bridgehead atoms. The van der Waals surface area contributed by atoms with Crippen LogP contribution in [-0.4, -0.2) is 5.92 Å². The molecule has 1 nitrogen and oxygen atoms in total. The van der Waals surface area contributed by atoms with Crippen molar-refractivity contribution in [1.82, 2.24) is 0 Å². The predicted molar refractivity (Wildman–Crippen MR) is 55.6 cm³/mol. The molecule has 0 unspecified atom stereocenters. The van der Waals surface area contributed by atoms with Crippen molar-refractivity contribution in [3.63, 3.8) is 0 Å². The quantitative estimate of drug-likeness (QED) is 0.757. The first kappa shape index (κ1) is 12.4. The summed E-state index contributed by atoms with van der Waals surface area (Å²) in [5.41, 5.74) is 4.74. The Hall–Kier alpha value is -1.10. The lowest BCUT2D eigenvalue weighted by Gasteiger charge is -2.37. The van der Waals surface area contributed by atoms with Gasteiger partial charge in [0.1, 0.15) is 11.6 Å². The maximum absolute atomic E-state index is 13.6. The Morgan fingerprint density at radius 2 is 1.59 bits per heavy atom. The highest BCUT2D eigenvalue weighted by molar-refractivity contribution is 5.27. The number of hydrogen-bond donors (Lipinski definition) is 1. The summed E-state index contributed by atoms with van der Waals surface area (Å²) in [5, 5.41) is 0. The van der Waals surface area contributed by atoms with Crippen LogP contribution in [0.5, 0.6) is 0 Å². The van der Waals surface area contributed by atoms with E-state index >= 15 is 0 Å². The van der Waals surface area contributed by atoms with Crippen molar-refractivity contribution < 1.29 is 17.6 Å². The van der Waals surface area contributed by atoms with Crippen molar-refractivity contribution in [1.29, 1.82) is 0 Å². The van der Waals surface area contributed by atoms with Gasteiger partial charge in [-0.3, -0.25) is 0 Å². The third-order valence-corrected chi connectivity index (χ3v) is 3.34. The van der Waals surface area contributed by atoms with Crippen molar-refractivity contribution >= 4 is 0 Å². The third kappa shape index (κ3) is 2.44. The number of benzene rings is 1. The molecule has 0 saturated heterocycles. The smallest absolute Gasteiger partial charge is 0.248 e. The van der Waals surface area contributed by atoms with E-state index in [9.17, 15) is 17.6 Å². The molecule has 5 heteroatoms. The van der Waals surface area contributed by atoms with E-state index in [1.807, 2.05) is 0 Å². The maximum atomic E-state index is 13.6. The highest BCUT2D eigenvalue weighted by Gasteiger charge is 2.43. The Kier molecular flexibility index (Phi) is 2.89. The zero-order chi connectivity index (χ0) is 12.7. The van der Waals surface area contributed by atoms with Crippen LogP contribution >= 0.6 is 0 Å². The van der Waals surface area contributed by atoms with Gasteiger partial charge in [-0.25, -0.2) is 17.6 Å². The fourth-order valence-corrected chi connectivity index (χ4v) is 2.21. The first-order chi connectivity index (χ1) is 7.82. The van der Waals surface area contributed by atoms with Crippen LogP contribution in [0.15, 0.2) is 18.2 Å². The first-order valence-electron chi connectivity index (χ1n) is 5.45. The predicted octanol–water partition coefficient (Wildman–Crippen LogP) is 3.33. The van der Waals surface area contributed by atoms with Crippen LogP contribution in [0.1, 0.15) is 31.2 Å². The van der Waals surface area contributed by atoms with Gasteiger partial charge in [-0.05, 0) is 31.0 Å². The lowest BCUT2D eigenvalue weighted by Crippen LogP contribution is -2.44. The van der Waals surface area contributed by atoms with Gasteiger partial charge < -0.3 is 5.73 Å². The molecule has 0 amide bonds. The maximum Gasteiger partial charge on any atom is 0.248 e. The minimum atomic E-state index is -2.74. The van der Waals surface area contributed by atoms with Crippen molar-refractivity contribution in [3.05, 3.63) is 35.4 Å². The van der Waals surface area contributed by atoms with E-state index in [4.69, 9.17) is 5.73 Å². The van der Waals surface area contributed by atoms with E-state index in [2.05, 4.69) is 0 Å². The van der Waals surface area contributed by atoms with Gasteiger partial charge in [-0.15, -0.1) is 0 Å². The molecule has 2 N–H and O–H groups in total. The Morgan fingerprint density at radius 1 is 1.00 bits per heavy atom. The molecule has 0 spiro atoms. The second-order valence-electron chi connectivity index (χ2n) is 4.64. The molecular weight excluding hydrogens is 234 g/mol. The Morgan fingerprint density at radius 3 is 2.18 bits per heavy atom. The first-order valence-corrected chi connectivity index (χ1v) is 5.45. The molecule has 0 radical (unpaired) electrons. The molecule has 1 aliphatic rings. The van der Waals surface area contributed by atoms with Gasteiger partial charge in [-0.1, -0.05) is 0 Å². The van der Waals surface area contributed by atoms with Gasteiger partial charge in [0.05, 0.1) is 0 Å². The standard InChI is InChI=1S/C12H13F4N/c13-8-1-2-10(14)9(7-8)11(17)3-5-12(15,16)6-4-11/h1-2,7H,3-6,17H2. The van der Waals surface area contributed by atoms with Crippen LogP contribution < -0.4 is 5.73 Å². The number of rotatable bonds is 1. The Bertz CT molecular complexity index is 421. The molecule has 0 heterocycles. The normalized spacial score (nSPS) is 22.4. The summed E-state index contributed by atoms with van der Waals surface area (Å²) in [4.78, 5) is 0. The summed E-state index contributed by atoms with van der Waals surface area (Å²) < 4.78 is 52.7. The van der Waals surface area contributed by atoms with E-state index in [0.29, 0.717) is 0 Å². The van der Waals surface area contributed by atoms with E-state index in [1.165, 1.54) is 0 Å². The van der Waals surface area contributed by atoms with Gasteiger partial charge in [0, 0.05) is 23.9 Å². The van der Waals surface area contributed by atoms with E-state index in [1.54, 1.807) is 0 Å². The van der Waals surface area contributed by atoms with Gasteiger partial charge >= 0.3 is 0 Å². The summed E-state index contributed by atoms with van der Waals surface area (Å²) in [6.07, 6.45) is -0.861. The van der Waals surface area contributed by atoms with Crippen molar-refractivity contribution in [2.75, 3.05) is 0 Å². The molecule has 0 aliphatic heterocycles. The molecule has 94 valence electrons. The van der Waals surface area contributed by atoms with Crippen molar-refractivity contribution in [2.24, 2.45) is 5.73 Å². The van der Waals surface area contributed by atoms with Crippen LogP contribution in [0.2, 0.25) is 0 Å². The second-order valence-corrected chi connectivity index (χ2v) is 4.64. The van der Waals surface area contributed by atoms with Crippen LogP contribution in [0.4, 0.5) is 17.6 Å². The molecular formula is C12H13F4N. The largest absolute Gasteiger partial charge is 0.321 e. The average molecular weight is 247 g/mol. The number of nitrogens with two attached hydrogens (primary N) is 1. The second kappa shape index (κ2) is 3.98. The van der Waals surface area contributed by atoms with Crippen molar-refractivity contribution in [2.45, 2.75) is 37.1 Å².